The molecule has 0 unspecified atom stereocenters. The lowest BCUT2D eigenvalue weighted by molar-refractivity contribution is -0.135. The molecule has 2 aliphatic heterocycles. The molecule has 3 aromatic rings. The van der Waals surface area contributed by atoms with E-state index in [1.54, 1.807) is 30.3 Å². The summed E-state index contributed by atoms with van der Waals surface area (Å²) in [6.45, 7) is 0. The van der Waals surface area contributed by atoms with E-state index in [9.17, 15) is 9.59 Å². The van der Waals surface area contributed by atoms with Crippen LogP contribution in [0.25, 0.3) is 6.08 Å². The number of benzene rings is 3. The molecule has 1 atom stereocenters. The van der Waals surface area contributed by atoms with Crippen molar-refractivity contribution >= 4 is 17.8 Å². The van der Waals surface area contributed by atoms with E-state index < -0.39 is 0 Å². The first-order chi connectivity index (χ1) is 16.5. The van der Waals surface area contributed by atoms with Gasteiger partial charge in [0.1, 0.15) is 17.2 Å². The van der Waals surface area contributed by atoms with Gasteiger partial charge in [-0.05, 0) is 29.8 Å². The number of hydrogen-bond donors (Lipinski definition) is 0. The van der Waals surface area contributed by atoms with Crippen LogP contribution in [-0.4, -0.2) is 33.1 Å². The molecule has 0 amide bonds. The molecule has 0 bridgehead atoms. The van der Waals surface area contributed by atoms with E-state index in [2.05, 4.69) is 0 Å². The van der Waals surface area contributed by atoms with Crippen molar-refractivity contribution in [3.05, 3.63) is 82.6 Å². The molecule has 0 spiro atoms. The maximum atomic E-state index is 13.3. The van der Waals surface area contributed by atoms with Crippen LogP contribution >= 0.6 is 0 Å². The molecule has 0 aromatic heterocycles. The summed E-state index contributed by atoms with van der Waals surface area (Å²) in [6.07, 6.45) is 1.77. The number of fused-ring (bicyclic) bond motifs is 3. The molecule has 2 heterocycles. The molecule has 0 N–H and O–H groups in total. The average Bonchev–Trinajstić information content (AvgIpc) is 3.18. The number of hydrogen-bond acceptors (Lipinski definition) is 7. The molecule has 7 heteroatoms. The Kier molecular flexibility index (Phi) is 5.45. The number of carbonyl (C=O) groups is 2. The van der Waals surface area contributed by atoms with Crippen LogP contribution in [0.15, 0.2) is 60.4 Å². The van der Waals surface area contributed by atoms with Gasteiger partial charge in [-0.3, -0.25) is 9.59 Å². The van der Waals surface area contributed by atoms with Gasteiger partial charge in [-0.1, -0.05) is 30.3 Å². The van der Waals surface area contributed by atoms with Gasteiger partial charge in [-0.25, -0.2) is 0 Å². The second-order valence-electron chi connectivity index (χ2n) is 7.88. The summed E-state index contributed by atoms with van der Waals surface area (Å²) in [5, 5.41) is 0. The standard InChI is InChI=1S/C27H22O7/c1-30-20-14-22(32-3)21(31-2)11-16(20)12-23-26(29)17-9-10-19-25(27(17)34-23)18(13-24(28)33-19)15-7-5-4-6-8-15/h4-12,14,18H,13H2,1-3H3/b23-12-/t18-/m0/s1. The first-order valence-electron chi connectivity index (χ1n) is 10.7. The van der Waals surface area contributed by atoms with Gasteiger partial charge in [0.05, 0.1) is 33.3 Å². The number of esters is 1. The Morgan fingerprint density at radius 2 is 1.56 bits per heavy atom. The van der Waals surface area contributed by atoms with Gasteiger partial charge in [0, 0.05) is 23.1 Å². The summed E-state index contributed by atoms with van der Waals surface area (Å²) in [7, 11) is 4.60. The Balaban J connectivity index is 1.61. The smallest absolute Gasteiger partial charge is 0.312 e. The van der Waals surface area contributed by atoms with E-state index in [4.69, 9.17) is 23.7 Å². The van der Waals surface area contributed by atoms with E-state index >= 15 is 0 Å². The maximum absolute atomic E-state index is 13.3. The summed E-state index contributed by atoms with van der Waals surface area (Å²) >= 11 is 0. The SMILES string of the molecule is COc1cc(OC)c(OC)cc1/C=C1\Oc2c(ccc3c2[C@H](c2ccccc2)CC(=O)O3)C1=O. The van der Waals surface area contributed by atoms with Gasteiger partial charge < -0.3 is 23.7 Å². The third-order valence-corrected chi connectivity index (χ3v) is 6.00. The molecule has 5 rings (SSSR count). The number of methoxy groups -OCH3 is 3. The van der Waals surface area contributed by atoms with Crippen LogP contribution in [0.5, 0.6) is 28.7 Å². The molecule has 0 saturated carbocycles. The highest BCUT2D eigenvalue weighted by atomic mass is 16.5. The second kappa shape index (κ2) is 8.59. The number of ketones is 1. The summed E-state index contributed by atoms with van der Waals surface area (Å²) in [5.74, 6) is 1.57. The molecule has 0 fully saturated rings. The highest BCUT2D eigenvalue weighted by Gasteiger charge is 2.38. The minimum atomic E-state index is -0.323. The number of allylic oxidation sites excluding steroid dienone is 1. The molecular formula is C27H22O7. The van der Waals surface area contributed by atoms with Crippen molar-refractivity contribution in [1.82, 2.24) is 0 Å². The molecule has 2 aliphatic rings. The van der Waals surface area contributed by atoms with Gasteiger partial charge in [0.25, 0.3) is 0 Å². The molecule has 34 heavy (non-hydrogen) atoms. The highest BCUT2D eigenvalue weighted by Crippen LogP contribution is 2.49. The van der Waals surface area contributed by atoms with Crippen LogP contribution < -0.4 is 23.7 Å². The van der Waals surface area contributed by atoms with Crippen molar-refractivity contribution in [2.75, 3.05) is 21.3 Å². The van der Waals surface area contributed by atoms with Crippen molar-refractivity contribution in [2.24, 2.45) is 0 Å². The van der Waals surface area contributed by atoms with E-state index in [0.717, 1.165) is 5.56 Å². The summed E-state index contributed by atoms with van der Waals surface area (Å²) < 4.78 is 27.8. The number of rotatable bonds is 5. The fourth-order valence-electron chi connectivity index (χ4n) is 4.38. The predicted octanol–water partition coefficient (Wildman–Crippen LogP) is 4.77. The average molecular weight is 458 g/mol. The molecule has 0 saturated heterocycles. The Labute approximate surface area is 196 Å². The molecule has 7 nitrogen and oxygen atoms in total. The zero-order valence-electron chi connectivity index (χ0n) is 18.9. The van der Waals surface area contributed by atoms with Crippen LogP contribution in [0.1, 0.15) is 39.4 Å². The van der Waals surface area contributed by atoms with E-state index in [1.165, 1.54) is 21.3 Å². The van der Waals surface area contributed by atoms with Crippen LogP contribution in [-0.2, 0) is 4.79 Å². The van der Waals surface area contributed by atoms with E-state index in [1.807, 2.05) is 30.3 Å². The van der Waals surface area contributed by atoms with Crippen LogP contribution in [0, 0.1) is 0 Å². The Morgan fingerprint density at radius 1 is 0.853 bits per heavy atom. The van der Waals surface area contributed by atoms with Crippen molar-refractivity contribution < 1.29 is 33.3 Å². The molecule has 172 valence electrons. The minimum absolute atomic E-state index is 0.137. The first kappa shape index (κ1) is 21.6. The maximum Gasteiger partial charge on any atom is 0.312 e. The number of Topliss-reactive ketones (excluding diaryl/α,β-unsaturated/α-hetero) is 1. The van der Waals surface area contributed by atoms with Gasteiger partial charge in [-0.2, -0.15) is 0 Å². The largest absolute Gasteiger partial charge is 0.496 e. The molecule has 3 aromatic carbocycles. The summed E-state index contributed by atoms with van der Waals surface area (Å²) in [6, 6.07) is 16.3. The highest BCUT2D eigenvalue weighted by molar-refractivity contribution is 6.15. The third-order valence-electron chi connectivity index (χ3n) is 6.00. The monoisotopic (exact) mass is 458 g/mol. The zero-order valence-corrected chi connectivity index (χ0v) is 18.9. The second-order valence-corrected chi connectivity index (χ2v) is 7.88. The normalized spacial score (nSPS) is 17.5. The van der Waals surface area contributed by atoms with Gasteiger partial charge in [0.15, 0.2) is 17.3 Å². The van der Waals surface area contributed by atoms with Crippen LogP contribution in [0.4, 0.5) is 0 Å². The van der Waals surface area contributed by atoms with Crippen LogP contribution in [0.2, 0.25) is 0 Å². The fraction of sp³-hybridized carbons (Fsp3) is 0.185. The summed E-state index contributed by atoms with van der Waals surface area (Å²) in [5.41, 5.74) is 2.66. The molecule has 0 aliphatic carbocycles. The molecular weight excluding hydrogens is 436 g/mol. The number of ether oxygens (including phenoxy) is 5. The Morgan fingerprint density at radius 3 is 2.26 bits per heavy atom. The first-order valence-corrected chi connectivity index (χ1v) is 10.7. The lowest BCUT2D eigenvalue weighted by Crippen LogP contribution is -2.21. The topological polar surface area (TPSA) is 80.3 Å². The fourth-order valence-corrected chi connectivity index (χ4v) is 4.38. The predicted molar refractivity (Wildman–Crippen MR) is 124 cm³/mol. The quantitative estimate of drug-likeness (QED) is 0.310. The van der Waals surface area contributed by atoms with Crippen molar-refractivity contribution in [3.8, 4) is 28.7 Å². The molecule has 0 radical (unpaired) electrons. The van der Waals surface area contributed by atoms with Gasteiger partial charge in [0.2, 0.25) is 5.78 Å². The zero-order chi connectivity index (χ0) is 23.8. The minimum Gasteiger partial charge on any atom is -0.496 e. The third kappa shape index (κ3) is 3.55. The van der Waals surface area contributed by atoms with Gasteiger partial charge >= 0.3 is 5.97 Å². The van der Waals surface area contributed by atoms with E-state index in [0.29, 0.717) is 45.4 Å². The van der Waals surface area contributed by atoms with Crippen molar-refractivity contribution in [3.63, 3.8) is 0 Å². The number of carbonyl (C=O) groups excluding carboxylic acids is 2. The van der Waals surface area contributed by atoms with Gasteiger partial charge in [-0.15, -0.1) is 0 Å². The van der Waals surface area contributed by atoms with Crippen molar-refractivity contribution in [2.45, 2.75) is 12.3 Å². The van der Waals surface area contributed by atoms with Crippen LogP contribution in [0.3, 0.4) is 0 Å². The lowest BCUT2D eigenvalue weighted by Gasteiger charge is -2.26. The van der Waals surface area contributed by atoms with E-state index in [-0.39, 0.29) is 29.9 Å². The van der Waals surface area contributed by atoms with Crippen molar-refractivity contribution in [1.29, 1.82) is 0 Å². The summed E-state index contributed by atoms with van der Waals surface area (Å²) in [4.78, 5) is 25.6. The Hall–Kier alpha value is -4.26. The lowest BCUT2D eigenvalue weighted by atomic mass is 9.85. The Bertz CT molecular complexity index is 1320.